The van der Waals surface area contributed by atoms with E-state index >= 15 is 0 Å². The van der Waals surface area contributed by atoms with E-state index in [1.807, 2.05) is 0 Å². The van der Waals surface area contributed by atoms with Gasteiger partial charge in [0, 0.05) is 22.4 Å². The quantitative estimate of drug-likeness (QED) is 0.642. The first-order chi connectivity index (χ1) is 4.86. The number of halogens is 1. The zero-order chi connectivity index (χ0) is 6.97. The van der Waals surface area contributed by atoms with Crippen molar-refractivity contribution in [2.45, 2.75) is 13.0 Å². The van der Waals surface area contributed by atoms with Crippen LogP contribution in [0.4, 0.5) is 0 Å². The average Bonchev–Trinajstić information content (AvgIpc) is 2.27. The lowest BCUT2D eigenvalue weighted by Crippen LogP contribution is -2.07. The minimum absolute atomic E-state index is 0.558. The highest BCUT2D eigenvalue weighted by Crippen LogP contribution is 2.20. The highest BCUT2D eigenvalue weighted by Gasteiger charge is 2.15. The molecule has 0 radical (unpaired) electrons. The van der Waals surface area contributed by atoms with Gasteiger partial charge in [-0.2, -0.15) is 0 Å². The summed E-state index contributed by atoms with van der Waals surface area (Å²) in [5, 5.41) is 0. The second-order valence-corrected chi connectivity index (χ2v) is 2.82. The molecule has 0 aliphatic carbocycles. The van der Waals surface area contributed by atoms with Gasteiger partial charge in [0.05, 0.1) is 12.3 Å². The van der Waals surface area contributed by atoms with Gasteiger partial charge >= 0.3 is 0 Å². The van der Waals surface area contributed by atoms with Crippen LogP contribution >= 0.6 is 15.9 Å². The Labute approximate surface area is 66.5 Å². The molecule has 3 nitrogen and oxygen atoms in total. The van der Waals surface area contributed by atoms with Gasteiger partial charge < -0.3 is 9.15 Å². The molecule has 0 atom stereocenters. The number of oxazole rings is 1. The van der Waals surface area contributed by atoms with E-state index < -0.39 is 0 Å². The van der Waals surface area contributed by atoms with Crippen LogP contribution in [0.3, 0.4) is 0 Å². The van der Waals surface area contributed by atoms with E-state index in [4.69, 9.17) is 9.15 Å². The number of ether oxygens (including phenoxy) is 1. The molecule has 1 aliphatic rings. The molecular formula is C6H6BrNO2. The van der Waals surface area contributed by atoms with Crippen LogP contribution in [0.1, 0.15) is 11.5 Å². The highest BCUT2D eigenvalue weighted by atomic mass is 79.9. The molecule has 0 fully saturated rings. The third kappa shape index (κ3) is 0.973. The van der Waals surface area contributed by atoms with E-state index in [0.29, 0.717) is 11.4 Å². The number of rotatable bonds is 0. The van der Waals surface area contributed by atoms with Crippen LogP contribution in [0.15, 0.2) is 9.22 Å². The molecule has 0 aromatic carbocycles. The van der Waals surface area contributed by atoms with Crippen molar-refractivity contribution in [3.8, 4) is 0 Å². The smallest absolute Gasteiger partial charge is 0.264 e. The third-order valence-corrected chi connectivity index (χ3v) is 1.81. The Hall–Kier alpha value is -0.350. The van der Waals surface area contributed by atoms with E-state index in [9.17, 15) is 0 Å². The van der Waals surface area contributed by atoms with Crippen molar-refractivity contribution in [3.63, 3.8) is 0 Å². The van der Waals surface area contributed by atoms with Gasteiger partial charge in [0.1, 0.15) is 6.61 Å². The minimum Gasteiger partial charge on any atom is -0.433 e. The van der Waals surface area contributed by atoms with Crippen molar-refractivity contribution in [1.82, 2.24) is 4.98 Å². The molecule has 0 bridgehead atoms. The van der Waals surface area contributed by atoms with Crippen molar-refractivity contribution < 1.29 is 9.15 Å². The lowest BCUT2D eigenvalue weighted by atomic mass is 10.2. The maximum atomic E-state index is 5.19. The second-order valence-electron chi connectivity index (χ2n) is 2.14. The van der Waals surface area contributed by atoms with Gasteiger partial charge in [-0.3, -0.25) is 0 Å². The molecule has 2 heterocycles. The van der Waals surface area contributed by atoms with Gasteiger partial charge in [-0.1, -0.05) is 0 Å². The number of fused-ring (bicyclic) bond motifs is 1. The molecule has 0 saturated heterocycles. The number of hydrogen-bond donors (Lipinski definition) is 0. The summed E-state index contributed by atoms with van der Waals surface area (Å²) in [4.78, 5) is 4.68. The fraction of sp³-hybridized carbons (Fsp3) is 0.500. The zero-order valence-corrected chi connectivity index (χ0v) is 6.85. The van der Waals surface area contributed by atoms with Crippen LogP contribution in [0.2, 0.25) is 0 Å². The molecule has 0 amide bonds. The monoisotopic (exact) mass is 203 g/mol. The first kappa shape index (κ1) is 6.37. The Morgan fingerprint density at radius 3 is 3.20 bits per heavy atom. The molecule has 0 N–H and O–H groups in total. The zero-order valence-electron chi connectivity index (χ0n) is 5.26. The van der Waals surface area contributed by atoms with E-state index in [1.165, 1.54) is 0 Å². The molecule has 0 unspecified atom stereocenters. The van der Waals surface area contributed by atoms with Gasteiger partial charge in [0.15, 0.2) is 5.76 Å². The van der Waals surface area contributed by atoms with Crippen molar-refractivity contribution in [2.75, 3.05) is 6.61 Å². The van der Waals surface area contributed by atoms with Gasteiger partial charge in [0.25, 0.3) is 4.80 Å². The Bertz CT molecular complexity index is 222. The number of hydrogen-bond acceptors (Lipinski definition) is 3. The molecule has 1 aromatic heterocycles. The fourth-order valence-electron chi connectivity index (χ4n) is 0.994. The fourth-order valence-corrected chi connectivity index (χ4v) is 1.40. The van der Waals surface area contributed by atoms with E-state index in [1.54, 1.807) is 0 Å². The number of nitrogens with zero attached hydrogens (tertiary/aromatic N) is 1. The van der Waals surface area contributed by atoms with E-state index in [-0.39, 0.29) is 0 Å². The Kier molecular flexibility index (Phi) is 1.50. The Morgan fingerprint density at radius 2 is 2.40 bits per heavy atom. The summed E-state index contributed by atoms with van der Waals surface area (Å²) in [6.07, 6.45) is 0.866. The second kappa shape index (κ2) is 2.36. The Morgan fingerprint density at radius 1 is 1.50 bits per heavy atom. The van der Waals surface area contributed by atoms with Crippen LogP contribution < -0.4 is 0 Å². The predicted octanol–water partition coefficient (Wildman–Crippen LogP) is 1.51. The van der Waals surface area contributed by atoms with Gasteiger partial charge in [0.2, 0.25) is 0 Å². The van der Waals surface area contributed by atoms with Crippen LogP contribution in [0.5, 0.6) is 0 Å². The predicted molar refractivity (Wildman–Crippen MR) is 37.6 cm³/mol. The van der Waals surface area contributed by atoms with Crippen LogP contribution in [-0.2, 0) is 17.8 Å². The van der Waals surface area contributed by atoms with Crippen LogP contribution in [0.25, 0.3) is 0 Å². The van der Waals surface area contributed by atoms with Crippen LogP contribution in [-0.4, -0.2) is 11.6 Å². The van der Waals surface area contributed by atoms with Crippen molar-refractivity contribution in [3.05, 3.63) is 16.3 Å². The highest BCUT2D eigenvalue weighted by molar-refractivity contribution is 9.10. The van der Waals surface area contributed by atoms with Gasteiger partial charge in [-0.15, -0.1) is 0 Å². The summed E-state index contributed by atoms with van der Waals surface area (Å²) in [7, 11) is 0. The van der Waals surface area contributed by atoms with Gasteiger partial charge in [-0.25, -0.2) is 4.98 Å². The van der Waals surface area contributed by atoms with Crippen molar-refractivity contribution in [1.29, 1.82) is 0 Å². The molecular weight excluding hydrogens is 198 g/mol. The maximum Gasteiger partial charge on any atom is 0.264 e. The minimum atomic E-state index is 0.558. The maximum absolute atomic E-state index is 5.19. The molecule has 4 heteroatoms. The molecule has 1 aliphatic heterocycles. The molecule has 10 heavy (non-hydrogen) atoms. The topological polar surface area (TPSA) is 35.3 Å². The molecule has 2 rings (SSSR count). The van der Waals surface area contributed by atoms with E-state index in [0.717, 1.165) is 24.5 Å². The molecule has 54 valence electrons. The summed E-state index contributed by atoms with van der Waals surface area (Å²) in [5.41, 5.74) is 1.03. The lowest BCUT2D eigenvalue weighted by molar-refractivity contribution is 0.0930. The summed E-state index contributed by atoms with van der Waals surface area (Å²) in [6, 6.07) is 0. The van der Waals surface area contributed by atoms with Crippen molar-refractivity contribution in [2.24, 2.45) is 0 Å². The summed E-state index contributed by atoms with van der Waals surface area (Å²) in [5.74, 6) is 0.859. The standard InChI is InChI=1S/C6H6BrNO2/c7-6-8-4-1-2-9-3-5(4)10-6/h1-3H2. The first-order valence-corrected chi connectivity index (χ1v) is 3.87. The Balaban J connectivity index is 2.41. The SMILES string of the molecule is Brc1nc2c(o1)COCC2. The van der Waals surface area contributed by atoms with Crippen molar-refractivity contribution >= 4 is 15.9 Å². The number of aromatic nitrogens is 1. The third-order valence-electron chi connectivity index (χ3n) is 1.47. The molecule has 0 spiro atoms. The summed E-state index contributed by atoms with van der Waals surface area (Å²) < 4.78 is 10.3. The largest absolute Gasteiger partial charge is 0.433 e. The average molecular weight is 204 g/mol. The molecule has 0 saturated carbocycles. The van der Waals surface area contributed by atoms with Crippen LogP contribution in [0, 0.1) is 0 Å². The normalized spacial score (nSPS) is 16.9. The molecule has 1 aromatic rings. The summed E-state index contributed by atoms with van der Waals surface area (Å²) in [6.45, 7) is 1.32. The summed E-state index contributed by atoms with van der Waals surface area (Å²) >= 11 is 3.16. The first-order valence-electron chi connectivity index (χ1n) is 3.08. The van der Waals surface area contributed by atoms with E-state index in [2.05, 4.69) is 20.9 Å². The van der Waals surface area contributed by atoms with Gasteiger partial charge in [-0.05, 0) is 0 Å². The lowest BCUT2D eigenvalue weighted by Gasteiger charge is -2.07.